The molecule has 1 aliphatic rings. The number of ether oxygens (including phenoxy) is 2. The minimum Gasteiger partial charge on any atom is -0.493 e. The minimum atomic E-state index is -3.59. The number of benzene rings is 2. The minimum absolute atomic E-state index is 0.275. The van der Waals surface area contributed by atoms with Gasteiger partial charge in [-0.25, -0.2) is 13.1 Å². The van der Waals surface area contributed by atoms with Crippen LogP contribution in [0.15, 0.2) is 41.3 Å². The van der Waals surface area contributed by atoms with Crippen molar-refractivity contribution in [3.63, 3.8) is 0 Å². The highest BCUT2D eigenvalue weighted by Crippen LogP contribution is 2.34. The van der Waals surface area contributed by atoms with Crippen LogP contribution in [0.2, 0.25) is 0 Å². The number of fused-ring (bicyclic) bond motifs is 1. The monoisotopic (exact) mass is 347 g/mol. The van der Waals surface area contributed by atoms with Crippen LogP contribution in [0.3, 0.4) is 0 Å². The van der Waals surface area contributed by atoms with Crippen molar-refractivity contribution in [3.8, 4) is 11.5 Å². The van der Waals surface area contributed by atoms with Crippen molar-refractivity contribution in [2.45, 2.75) is 31.2 Å². The van der Waals surface area contributed by atoms with Gasteiger partial charge in [0.15, 0.2) is 11.5 Å². The molecule has 128 valence electrons. The van der Waals surface area contributed by atoms with E-state index in [-0.39, 0.29) is 12.6 Å². The highest BCUT2D eigenvalue weighted by atomic mass is 32.2. The Labute approximate surface area is 142 Å². The number of sulfonamides is 1. The summed E-state index contributed by atoms with van der Waals surface area (Å²) in [6, 6.07) is 10.6. The van der Waals surface area contributed by atoms with Crippen molar-refractivity contribution in [1.82, 2.24) is 4.72 Å². The Balaban J connectivity index is 1.81. The number of hydrogen-bond acceptors (Lipinski definition) is 4. The lowest BCUT2D eigenvalue weighted by Crippen LogP contribution is -2.42. The Hall–Kier alpha value is -2.05. The van der Waals surface area contributed by atoms with E-state index in [1.54, 1.807) is 26.2 Å². The summed E-state index contributed by atoms with van der Waals surface area (Å²) in [6.07, 6.45) is 0.566. The zero-order valence-electron chi connectivity index (χ0n) is 14.0. The first-order chi connectivity index (χ1) is 11.4. The largest absolute Gasteiger partial charge is 0.493 e. The molecule has 1 aliphatic heterocycles. The first-order valence-electron chi connectivity index (χ1n) is 7.79. The summed E-state index contributed by atoms with van der Waals surface area (Å²) in [5.74, 6) is 1.37. The summed E-state index contributed by atoms with van der Waals surface area (Å²) >= 11 is 0. The maximum absolute atomic E-state index is 12.7. The first-order valence-corrected chi connectivity index (χ1v) is 9.27. The van der Waals surface area contributed by atoms with Gasteiger partial charge in [-0.15, -0.1) is 0 Å². The molecule has 6 heteroatoms. The van der Waals surface area contributed by atoms with E-state index in [1.807, 2.05) is 31.2 Å². The quantitative estimate of drug-likeness (QED) is 0.923. The van der Waals surface area contributed by atoms with E-state index < -0.39 is 10.0 Å². The lowest BCUT2D eigenvalue weighted by atomic mass is 10.0. The Kier molecular flexibility index (Phi) is 4.51. The van der Waals surface area contributed by atoms with E-state index >= 15 is 0 Å². The second-order valence-corrected chi connectivity index (χ2v) is 7.73. The number of hydrogen-bond donors (Lipinski definition) is 1. The molecule has 0 saturated carbocycles. The van der Waals surface area contributed by atoms with Crippen molar-refractivity contribution < 1.29 is 17.9 Å². The smallest absolute Gasteiger partial charge is 0.241 e. The summed E-state index contributed by atoms with van der Waals surface area (Å²) in [6.45, 7) is 4.02. The summed E-state index contributed by atoms with van der Waals surface area (Å²) in [5, 5.41) is 0. The highest BCUT2D eigenvalue weighted by Gasteiger charge is 2.27. The Morgan fingerprint density at radius 1 is 1.21 bits per heavy atom. The summed E-state index contributed by atoms with van der Waals surface area (Å²) in [4.78, 5) is 0.310. The predicted molar refractivity (Wildman–Crippen MR) is 92.2 cm³/mol. The van der Waals surface area contributed by atoms with Gasteiger partial charge in [-0.1, -0.05) is 29.8 Å². The molecule has 0 bridgehead atoms. The molecule has 2 aromatic rings. The summed E-state index contributed by atoms with van der Waals surface area (Å²) in [7, 11) is -2.00. The van der Waals surface area contributed by atoms with Crippen LogP contribution in [0.1, 0.15) is 16.7 Å². The number of aryl methyl sites for hydroxylation is 2. The van der Waals surface area contributed by atoms with Gasteiger partial charge >= 0.3 is 0 Å². The van der Waals surface area contributed by atoms with Crippen molar-refractivity contribution in [3.05, 3.63) is 53.1 Å². The number of para-hydroxylation sites is 1. The Morgan fingerprint density at radius 3 is 2.71 bits per heavy atom. The molecular weight excluding hydrogens is 326 g/mol. The van der Waals surface area contributed by atoms with E-state index in [0.29, 0.717) is 22.8 Å². The molecule has 1 atom stereocenters. The molecule has 5 nitrogen and oxygen atoms in total. The van der Waals surface area contributed by atoms with E-state index in [9.17, 15) is 8.42 Å². The van der Waals surface area contributed by atoms with Crippen LogP contribution in [0.5, 0.6) is 11.5 Å². The number of rotatable bonds is 4. The van der Waals surface area contributed by atoms with Gasteiger partial charge < -0.3 is 9.47 Å². The van der Waals surface area contributed by atoms with E-state index in [1.165, 1.54) is 0 Å². The molecule has 0 radical (unpaired) electrons. The Morgan fingerprint density at radius 2 is 2.00 bits per heavy atom. The van der Waals surface area contributed by atoms with Crippen LogP contribution in [0.25, 0.3) is 0 Å². The molecule has 0 amide bonds. The molecule has 3 rings (SSSR count). The lowest BCUT2D eigenvalue weighted by molar-refractivity contribution is 0.240. The van der Waals surface area contributed by atoms with Crippen LogP contribution in [0.4, 0.5) is 0 Å². The molecule has 24 heavy (non-hydrogen) atoms. The highest BCUT2D eigenvalue weighted by molar-refractivity contribution is 7.89. The van der Waals surface area contributed by atoms with Crippen molar-refractivity contribution in [2.24, 2.45) is 0 Å². The van der Waals surface area contributed by atoms with Crippen molar-refractivity contribution in [2.75, 3.05) is 13.7 Å². The van der Waals surface area contributed by atoms with Crippen molar-refractivity contribution >= 4 is 10.0 Å². The summed E-state index contributed by atoms with van der Waals surface area (Å²) in [5.41, 5.74) is 2.71. The maximum atomic E-state index is 12.7. The molecule has 0 saturated heterocycles. The van der Waals surface area contributed by atoms with Gasteiger partial charge in [-0.05, 0) is 43.5 Å². The standard InChI is InChI=1S/C18H21NO4S/c1-12-7-8-17(13(2)9-12)24(20,21)19-15-10-14-5-4-6-16(22-3)18(14)23-11-15/h4-9,15,19H,10-11H2,1-3H3/t15-/m1/s1. The van der Waals surface area contributed by atoms with Crippen LogP contribution < -0.4 is 14.2 Å². The molecule has 2 aromatic carbocycles. The van der Waals surface area contributed by atoms with Crippen LogP contribution in [0, 0.1) is 13.8 Å². The van der Waals surface area contributed by atoms with Crippen LogP contribution in [-0.4, -0.2) is 28.2 Å². The normalized spacial score (nSPS) is 17.0. The molecule has 0 aromatic heterocycles. The Bertz CT molecular complexity index is 861. The first kappa shape index (κ1) is 16.8. The molecule has 0 fully saturated rings. The van der Waals surface area contributed by atoms with Gasteiger partial charge in [0, 0.05) is 0 Å². The second kappa shape index (κ2) is 6.45. The maximum Gasteiger partial charge on any atom is 0.241 e. The van der Waals surface area contributed by atoms with Gasteiger partial charge in [0.05, 0.1) is 18.0 Å². The molecule has 1 N–H and O–H groups in total. The van der Waals surface area contributed by atoms with E-state index in [4.69, 9.17) is 9.47 Å². The third kappa shape index (κ3) is 3.25. The third-order valence-corrected chi connectivity index (χ3v) is 5.80. The fourth-order valence-corrected chi connectivity index (χ4v) is 4.46. The predicted octanol–water partition coefficient (Wildman–Crippen LogP) is 2.59. The van der Waals surface area contributed by atoms with Crippen LogP contribution >= 0.6 is 0 Å². The van der Waals surface area contributed by atoms with Gasteiger partial charge in [-0.3, -0.25) is 0 Å². The van der Waals surface area contributed by atoms with E-state index in [2.05, 4.69) is 4.72 Å². The van der Waals surface area contributed by atoms with E-state index in [0.717, 1.165) is 16.7 Å². The van der Waals surface area contributed by atoms with Gasteiger partial charge in [-0.2, -0.15) is 0 Å². The summed E-state index contributed by atoms with van der Waals surface area (Å²) < 4.78 is 39.1. The zero-order valence-corrected chi connectivity index (χ0v) is 14.8. The fourth-order valence-electron chi connectivity index (χ4n) is 3.01. The second-order valence-electron chi connectivity index (χ2n) is 6.05. The van der Waals surface area contributed by atoms with Gasteiger partial charge in [0.2, 0.25) is 10.0 Å². The molecule has 0 unspecified atom stereocenters. The number of methoxy groups -OCH3 is 1. The molecular formula is C18H21NO4S. The topological polar surface area (TPSA) is 64.6 Å². The van der Waals surface area contributed by atoms with Crippen LogP contribution in [-0.2, 0) is 16.4 Å². The average molecular weight is 347 g/mol. The molecule has 1 heterocycles. The van der Waals surface area contributed by atoms with Gasteiger partial charge in [0.25, 0.3) is 0 Å². The third-order valence-electron chi connectivity index (χ3n) is 4.12. The molecule has 0 spiro atoms. The SMILES string of the molecule is COc1cccc2c1OC[C@H](NS(=O)(=O)c1ccc(C)cc1C)C2. The fraction of sp³-hybridized carbons (Fsp3) is 0.333. The average Bonchev–Trinajstić information content (AvgIpc) is 2.53. The number of nitrogens with one attached hydrogen (secondary N) is 1. The van der Waals surface area contributed by atoms with Gasteiger partial charge in [0.1, 0.15) is 6.61 Å². The van der Waals surface area contributed by atoms with Crippen molar-refractivity contribution in [1.29, 1.82) is 0 Å². The lowest BCUT2D eigenvalue weighted by Gasteiger charge is -2.27. The zero-order chi connectivity index (χ0) is 17.3. The molecule has 0 aliphatic carbocycles.